The minimum Gasteiger partial charge on any atom is -0.300 e. The molecule has 1 aliphatic rings. The molecule has 0 spiro atoms. The van der Waals surface area contributed by atoms with E-state index in [2.05, 4.69) is 41.6 Å². The van der Waals surface area contributed by atoms with Gasteiger partial charge in [0.25, 0.3) is 0 Å². The van der Waals surface area contributed by atoms with Crippen LogP contribution in [0.2, 0.25) is 0 Å². The number of rotatable bonds is 7. The predicted octanol–water partition coefficient (Wildman–Crippen LogP) is 4.45. The van der Waals surface area contributed by atoms with Gasteiger partial charge in [-0.1, -0.05) is 42.6 Å². The first-order valence-corrected chi connectivity index (χ1v) is 8.09. The summed E-state index contributed by atoms with van der Waals surface area (Å²) in [5.74, 6) is 0. The van der Waals surface area contributed by atoms with Crippen molar-refractivity contribution < 1.29 is 0 Å². The van der Waals surface area contributed by atoms with E-state index in [9.17, 15) is 0 Å². The Morgan fingerprint density at radius 2 is 1.88 bits per heavy atom. The van der Waals surface area contributed by atoms with Crippen LogP contribution in [-0.4, -0.2) is 29.4 Å². The van der Waals surface area contributed by atoms with E-state index in [0.717, 1.165) is 6.04 Å². The van der Waals surface area contributed by atoms with Gasteiger partial charge in [0.2, 0.25) is 0 Å². The fourth-order valence-electron chi connectivity index (χ4n) is 3.18. The third-order valence-corrected chi connectivity index (χ3v) is 5.26. The van der Waals surface area contributed by atoms with Crippen LogP contribution < -0.4 is 0 Å². The van der Waals surface area contributed by atoms with Gasteiger partial charge in [-0.3, -0.25) is 0 Å². The fraction of sp³-hybridized carbons (Fsp3) is 1.00. The molecule has 0 N–H and O–H groups in total. The molecule has 0 amide bonds. The lowest BCUT2D eigenvalue weighted by atomic mass is 9.80. The minimum atomic E-state index is 0.530. The topological polar surface area (TPSA) is 3.24 Å². The van der Waals surface area contributed by atoms with Crippen LogP contribution in [0.3, 0.4) is 0 Å². The van der Waals surface area contributed by atoms with E-state index >= 15 is 0 Å². The smallest absolute Gasteiger partial charge is 0.0100 e. The molecule has 96 valence electrons. The SMILES string of the molecule is CCCC(CBr)(CCC)CN1CCCC1C. The van der Waals surface area contributed by atoms with E-state index in [0.29, 0.717) is 5.41 Å². The highest BCUT2D eigenvalue weighted by Crippen LogP contribution is 2.35. The summed E-state index contributed by atoms with van der Waals surface area (Å²) in [5.41, 5.74) is 0.530. The second-order valence-electron chi connectivity index (χ2n) is 5.60. The lowest BCUT2D eigenvalue weighted by Gasteiger charge is -2.37. The van der Waals surface area contributed by atoms with E-state index in [1.807, 2.05) is 0 Å². The molecular formula is C14H28BrN. The van der Waals surface area contributed by atoms with E-state index in [1.165, 1.54) is 56.9 Å². The van der Waals surface area contributed by atoms with Crippen molar-refractivity contribution in [3.8, 4) is 0 Å². The van der Waals surface area contributed by atoms with Crippen LogP contribution >= 0.6 is 15.9 Å². The van der Waals surface area contributed by atoms with Crippen molar-refractivity contribution in [3.63, 3.8) is 0 Å². The number of likely N-dealkylation sites (tertiary alicyclic amines) is 1. The zero-order valence-corrected chi connectivity index (χ0v) is 12.9. The molecule has 0 aromatic heterocycles. The zero-order valence-electron chi connectivity index (χ0n) is 11.3. The van der Waals surface area contributed by atoms with Crippen molar-refractivity contribution in [1.82, 2.24) is 4.90 Å². The van der Waals surface area contributed by atoms with Gasteiger partial charge in [-0.25, -0.2) is 0 Å². The normalized spacial score (nSPS) is 22.9. The summed E-state index contributed by atoms with van der Waals surface area (Å²) in [6.07, 6.45) is 8.17. The number of hydrogen-bond acceptors (Lipinski definition) is 1. The Hall–Kier alpha value is 0.440. The first kappa shape index (κ1) is 14.5. The standard InChI is InChI=1S/C14H28BrN/c1-4-8-14(11-15,9-5-2)12-16-10-6-7-13(16)3/h13H,4-12H2,1-3H3. The van der Waals surface area contributed by atoms with Gasteiger partial charge in [-0.2, -0.15) is 0 Å². The van der Waals surface area contributed by atoms with Gasteiger partial charge in [0.15, 0.2) is 0 Å². The molecule has 1 fully saturated rings. The van der Waals surface area contributed by atoms with Crippen LogP contribution in [0.25, 0.3) is 0 Å². The zero-order chi connectivity index (χ0) is 12.0. The predicted molar refractivity (Wildman–Crippen MR) is 76.3 cm³/mol. The van der Waals surface area contributed by atoms with Crippen molar-refractivity contribution in [1.29, 1.82) is 0 Å². The molecule has 1 saturated heterocycles. The summed E-state index contributed by atoms with van der Waals surface area (Å²) in [4.78, 5) is 2.71. The van der Waals surface area contributed by atoms with Gasteiger partial charge in [-0.05, 0) is 44.6 Å². The molecule has 16 heavy (non-hydrogen) atoms. The summed E-state index contributed by atoms with van der Waals surface area (Å²) >= 11 is 3.78. The van der Waals surface area contributed by atoms with Crippen molar-refractivity contribution in [2.24, 2.45) is 5.41 Å². The van der Waals surface area contributed by atoms with Crippen molar-refractivity contribution in [2.45, 2.75) is 65.3 Å². The van der Waals surface area contributed by atoms with Crippen LogP contribution in [0.15, 0.2) is 0 Å². The molecule has 0 aromatic carbocycles. The molecule has 0 saturated carbocycles. The lowest BCUT2D eigenvalue weighted by Crippen LogP contribution is -2.40. The highest BCUT2D eigenvalue weighted by molar-refractivity contribution is 9.09. The van der Waals surface area contributed by atoms with Crippen LogP contribution in [0, 0.1) is 5.41 Å². The maximum Gasteiger partial charge on any atom is 0.0100 e. The van der Waals surface area contributed by atoms with E-state index in [4.69, 9.17) is 0 Å². The first-order valence-electron chi connectivity index (χ1n) is 6.97. The molecule has 1 heterocycles. The maximum absolute atomic E-state index is 3.78. The van der Waals surface area contributed by atoms with E-state index < -0.39 is 0 Å². The molecular weight excluding hydrogens is 262 g/mol. The monoisotopic (exact) mass is 289 g/mol. The number of hydrogen-bond donors (Lipinski definition) is 0. The molecule has 2 heteroatoms. The van der Waals surface area contributed by atoms with Gasteiger partial charge in [0.1, 0.15) is 0 Å². The van der Waals surface area contributed by atoms with Gasteiger partial charge in [-0.15, -0.1) is 0 Å². The Balaban J connectivity index is 2.60. The Morgan fingerprint density at radius 1 is 1.25 bits per heavy atom. The van der Waals surface area contributed by atoms with Crippen molar-refractivity contribution in [2.75, 3.05) is 18.4 Å². The van der Waals surface area contributed by atoms with Crippen LogP contribution in [0.1, 0.15) is 59.3 Å². The molecule has 0 aromatic rings. The van der Waals surface area contributed by atoms with Gasteiger partial charge in [0, 0.05) is 17.9 Å². The number of halogens is 1. The molecule has 0 radical (unpaired) electrons. The summed E-state index contributed by atoms with van der Waals surface area (Å²) in [6.45, 7) is 9.66. The molecule has 1 nitrogen and oxygen atoms in total. The Morgan fingerprint density at radius 3 is 2.25 bits per heavy atom. The second kappa shape index (κ2) is 7.00. The lowest BCUT2D eigenvalue weighted by molar-refractivity contribution is 0.142. The third-order valence-electron chi connectivity index (χ3n) is 4.07. The average Bonchev–Trinajstić information content (AvgIpc) is 2.65. The van der Waals surface area contributed by atoms with E-state index in [1.54, 1.807) is 0 Å². The highest BCUT2D eigenvalue weighted by Gasteiger charge is 2.32. The molecule has 1 aliphatic heterocycles. The van der Waals surface area contributed by atoms with Crippen molar-refractivity contribution >= 4 is 15.9 Å². The van der Waals surface area contributed by atoms with Gasteiger partial charge >= 0.3 is 0 Å². The fourth-order valence-corrected chi connectivity index (χ4v) is 3.92. The Kier molecular flexibility index (Phi) is 6.35. The third kappa shape index (κ3) is 3.73. The maximum atomic E-state index is 3.78. The Bertz CT molecular complexity index is 187. The van der Waals surface area contributed by atoms with Crippen molar-refractivity contribution in [3.05, 3.63) is 0 Å². The molecule has 1 rings (SSSR count). The van der Waals surface area contributed by atoms with Gasteiger partial charge < -0.3 is 4.90 Å². The largest absolute Gasteiger partial charge is 0.300 e. The van der Waals surface area contributed by atoms with Gasteiger partial charge in [0.05, 0.1) is 0 Å². The van der Waals surface area contributed by atoms with E-state index in [-0.39, 0.29) is 0 Å². The highest BCUT2D eigenvalue weighted by atomic mass is 79.9. The summed E-state index contributed by atoms with van der Waals surface area (Å²) < 4.78 is 0. The number of alkyl halides is 1. The van der Waals surface area contributed by atoms with Crippen LogP contribution in [0.5, 0.6) is 0 Å². The molecule has 1 unspecified atom stereocenters. The number of nitrogens with zero attached hydrogens (tertiary/aromatic N) is 1. The summed E-state index contributed by atoms with van der Waals surface area (Å²) in [7, 11) is 0. The second-order valence-corrected chi connectivity index (χ2v) is 6.16. The molecule has 0 bridgehead atoms. The van der Waals surface area contributed by atoms with Crippen LogP contribution in [-0.2, 0) is 0 Å². The quantitative estimate of drug-likeness (QED) is 0.626. The molecule has 0 aliphatic carbocycles. The summed E-state index contributed by atoms with van der Waals surface area (Å²) in [6, 6.07) is 0.812. The Labute approximate surface area is 110 Å². The summed E-state index contributed by atoms with van der Waals surface area (Å²) in [5, 5.41) is 1.17. The average molecular weight is 290 g/mol. The molecule has 1 atom stereocenters. The first-order chi connectivity index (χ1) is 7.67. The minimum absolute atomic E-state index is 0.530. The van der Waals surface area contributed by atoms with Crippen LogP contribution in [0.4, 0.5) is 0 Å².